The van der Waals surface area contributed by atoms with Gasteiger partial charge < -0.3 is 9.69 Å². The molecule has 0 aliphatic heterocycles. The largest absolute Gasteiger partial charge is 0.303 e. The van der Waals surface area contributed by atoms with Crippen LogP contribution in [0.2, 0.25) is 0 Å². The number of carbonyl (C=O) groups is 1. The van der Waals surface area contributed by atoms with Gasteiger partial charge in [-0.3, -0.25) is 0 Å². The summed E-state index contributed by atoms with van der Waals surface area (Å²) in [5.41, 5.74) is -0.139. The fourth-order valence-electron chi connectivity index (χ4n) is 1.92. The summed E-state index contributed by atoms with van der Waals surface area (Å²) < 4.78 is 0. The van der Waals surface area contributed by atoms with Gasteiger partial charge in [0, 0.05) is 12.0 Å². The van der Waals surface area contributed by atoms with E-state index in [9.17, 15) is 4.79 Å². The molecular formula is C12H25NO. The second-order valence-corrected chi connectivity index (χ2v) is 4.39. The summed E-state index contributed by atoms with van der Waals surface area (Å²) >= 11 is 0. The zero-order valence-electron chi connectivity index (χ0n) is 10.2. The minimum Gasteiger partial charge on any atom is -0.303 e. The lowest BCUT2D eigenvalue weighted by molar-refractivity contribution is -0.116. The van der Waals surface area contributed by atoms with Crippen LogP contribution >= 0.6 is 0 Å². The molecule has 0 N–H and O–H groups in total. The van der Waals surface area contributed by atoms with Crippen LogP contribution in [0.15, 0.2) is 0 Å². The third kappa shape index (κ3) is 4.75. The normalized spacial score (nSPS) is 15.5. The Morgan fingerprint density at radius 3 is 2.21 bits per heavy atom. The lowest BCUT2D eigenvalue weighted by Gasteiger charge is -2.30. The second-order valence-electron chi connectivity index (χ2n) is 4.39. The summed E-state index contributed by atoms with van der Waals surface area (Å²) in [5, 5.41) is 0. The molecule has 1 atom stereocenters. The number of rotatable bonds is 8. The number of carbonyl (C=O) groups excluding carboxylic acids is 1. The first-order valence-corrected chi connectivity index (χ1v) is 5.80. The van der Waals surface area contributed by atoms with Crippen LogP contribution in [-0.4, -0.2) is 30.8 Å². The van der Waals surface area contributed by atoms with Crippen molar-refractivity contribution in [2.24, 2.45) is 5.41 Å². The van der Waals surface area contributed by atoms with Crippen LogP contribution in [0.3, 0.4) is 0 Å². The molecule has 0 aromatic carbocycles. The predicted octanol–water partition coefficient (Wildman–Crippen LogP) is 2.72. The number of aldehydes is 1. The van der Waals surface area contributed by atoms with Crippen molar-refractivity contribution < 1.29 is 4.79 Å². The van der Waals surface area contributed by atoms with Gasteiger partial charge in [-0.05, 0) is 25.9 Å². The molecule has 0 aromatic heterocycles. The Hall–Kier alpha value is -0.370. The van der Waals surface area contributed by atoms with E-state index in [0.29, 0.717) is 0 Å². The number of nitrogens with zero attached hydrogens (tertiary/aromatic N) is 1. The Kier molecular flexibility index (Phi) is 6.81. The standard InChI is InChI=1S/C12H25NO/c1-5-8-12(4,11-14)10-13(7-3)9-6-2/h11H,5-10H2,1-4H3. The molecule has 2 nitrogen and oxygen atoms in total. The van der Waals surface area contributed by atoms with Crippen molar-refractivity contribution in [3.8, 4) is 0 Å². The molecular weight excluding hydrogens is 174 g/mol. The summed E-state index contributed by atoms with van der Waals surface area (Å²) in [4.78, 5) is 13.4. The smallest absolute Gasteiger partial charge is 0.127 e. The maximum Gasteiger partial charge on any atom is 0.127 e. The molecule has 0 heterocycles. The highest BCUT2D eigenvalue weighted by Gasteiger charge is 2.24. The first kappa shape index (κ1) is 13.6. The van der Waals surface area contributed by atoms with Crippen molar-refractivity contribution in [3.05, 3.63) is 0 Å². The Balaban J connectivity index is 4.18. The topological polar surface area (TPSA) is 20.3 Å². The molecule has 0 aromatic rings. The number of hydrogen-bond acceptors (Lipinski definition) is 2. The van der Waals surface area contributed by atoms with Crippen LogP contribution < -0.4 is 0 Å². The van der Waals surface area contributed by atoms with Gasteiger partial charge in [0.05, 0.1) is 0 Å². The van der Waals surface area contributed by atoms with E-state index in [1.807, 2.05) is 0 Å². The van der Waals surface area contributed by atoms with Crippen molar-refractivity contribution in [2.75, 3.05) is 19.6 Å². The summed E-state index contributed by atoms with van der Waals surface area (Å²) in [6, 6.07) is 0. The zero-order chi connectivity index (χ0) is 11.0. The van der Waals surface area contributed by atoms with Crippen LogP contribution in [0, 0.1) is 5.41 Å². The van der Waals surface area contributed by atoms with Crippen LogP contribution in [0.25, 0.3) is 0 Å². The van der Waals surface area contributed by atoms with Crippen molar-refractivity contribution in [3.63, 3.8) is 0 Å². The van der Waals surface area contributed by atoms with E-state index in [4.69, 9.17) is 0 Å². The van der Waals surface area contributed by atoms with E-state index in [-0.39, 0.29) is 5.41 Å². The fraction of sp³-hybridized carbons (Fsp3) is 0.917. The van der Waals surface area contributed by atoms with Gasteiger partial charge in [0.1, 0.15) is 6.29 Å². The van der Waals surface area contributed by atoms with E-state index in [2.05, 4.69) is 32.6 Å². The Bertz CT molecular complexity index is 158. The van der Waals surface area contributed by atoms with Gasteiger partial charge in [-0.25, -0.2) is 0 Å². The highest BCUT2D eigenvalue weighted by molar-refractivity contribution is 5.58. The van der Waals surface area contributed by atoms with Crippen molar-refractivity contribution in [1.82, 2.24) is 4.90 Å². The van der Waals surface area contributed by atoms with E-state index in [1.54, 1.807) is 0 Å². The maximum atomic E-state index is 11.0. The minimum atomic E-state index is -0.139. The maximum absolute atomic E-state index is 11.0. The molecule has 0 radical (unpaired) electrons. The van der Waals surface area contributed by atoms with Crippen LogP contribution in [-0.2, 0) is 4.79 Å². The highest BCUT2D eigenvalue weighted by Crippen LogP contribution is 2.21. The van der Waals surface area contributed by atoms with Crippen LogP contribution in [0.5, 0.6) is 0 Å². The summed E-state index contributed by atoms with van der Waals surface area (Å²) in [7, 11) is 0. The summed E-state index contributed by atoms with van der Waals surface area (Å²) in [5.74, 6) is 0. The first-order chi connectivity index (χ1) is 6.61. The molecule has 0 aliphatic rings. The van der Waals surface area contributed by atoms with E-state index in [1.165, 1.54) is 0 Å². The van der Waals surface area contributed by atoms with Crippen molar-refractivity contribution in [1.29, 1.82) is 0 Å². The molecule has 0 spiro atoms. The predicted molar refractivity (Wildman–Crippen MR) is 61.5 cm³/mol. The second kappa shape index (κ2) is 6.99. The lowest BCUT2D eigenvalue weighted by atomic mass is 9.86. The monoisotopic (exact) mass is 199 g/mol. The first-order valence-electron chi connectivity index (χ1n) is 5.80. The van der Waals surface area contributed by atoms with Crippen molar-refractivity contribution >= 4 is 6.29 Å². The SMILES string of the molecule is CCCN(CC)CC(C)(C=O)CCC. The third-order valence-corrected chi connectivity index (χ3v) is 2.68. The van der Waals surface area contributed by atoms with Gasteiger partial charge >= 0.3 is 0 Å². The van der Waals surface area contributed by atoms with Gasteiger partial charge in [-0.2, -0.15) is 0 Å². The molecule has 0 amide bonds. The third-order valence-electron chi connectivity index (χ3n) is 2.68. The fourth-order valence-corrected chi connectivity index (χ4v) is 1.92. The quantitative estimate of drug-likeness (QED) is 0.560. The van der Waals surface area contributed by atoms with E-state index >= 15 is 0 Å². The van der Waals surface area contributed by atoms with Gasteiger partial charge in [0.15, 0.2) is 0 Å². The van der Waals surface area contributed by atoms with Crippen molar-refractivity contribution in [2.45, 2.75) is 47.0 Å². The summed E-state index contributed by atoms with van der Waals surface area (Å²) in [6.45, 7) is 11.6. The number of hydrogen-bond donors (Lipinski definition) is 0. The molecule has 0 saturated heterocycles. The van der Waals surface area contributed by atoms with Gasteiger partial charge in [0.25, 0.3) is 0 Å². The molecule has 84 valence electrons. The minimum absolute atomic E-state index is 0.139. The Labute approximate surface area is 88.7 Å². The van der Waals surface area contributed by atoms with Gasteiger partial charge in [-0.15, -0.1) is 0 Å². The van der Waals surface area contributed by atoms with E-state index < -0.39 is 0 Å². The average Bonchev–Trinajstić information content (AvgIpc) is 2.17. The molecule has 0 aliphatic carbocycles. The highest BCUT2D eigenvalue weighted by atomic mass is 16.1. The zero-order valence-corrected chi connectivity index (χ0v) is 10.2. The van der Waals surface area contributed by atoms with E-state index in [0.717, 1.165) is 45.2 Å². The Morgan fingerprint density at radius 2 is 1.86 bits per heavy atom. The molecule has 0 saturated carbocycles. The average molecular weight is 199 g/mol. The molecule has 2 heteroatoms. The molecule has 0 bridgehead atoms. The Morgan fingerprint density at radius 1 is 1.21 bits per heavy atom. The molecule has 0 fully saturated rings. The molecule has 14 heavy (non-hydrogen) atoms. The van der Waals surface area contributed by atoms with Gasteiger partial charge in [-0.1, -0.05) is 34.1 Å². The molecule has 0 rings (SSSR count). The molecule has 1 unspecified atom stereocenters. The van der Waals surface area contributed by atoms with Crippen LogP contribution in [0.1, 0.15) is 47.0 Å². The lowest BCUT2D eigenvalue weighted by Crippen LogP contribution is -2.37. The van der Waals surface area contributed by atoms with Gasteiger partial charge in [0.2, 0.25) is 0 Å². The van der Waals surface area contributed by atoms with Crippen LogP contribution in [0.4, 0.5) is 0 Å². The summed E-state index contributed by atoms with van der Waals surface area (Å²) in [6.07, 6.45) is 4.37.